The fourth-order valence-corrected chi connectivity index (χ4v) is 1.34. The van der Waals surface area contributed by atoms with Gasteiger partial charge in [-0.1, -0.05) is 20.8 Å². The van der Waals surface area contributed by atoms with Crippen LogP contribution in [0.5, 0.6) is 0 Å². The zero-order valence-corrected chi connectivity index (χ0v) is 10.9. The molecule has 0 amide bonds. The Labute approximate surface area is 103 Å². The van der Waals surface area contributed by atoms with Crippen molar-refractivity contribution in [2.24, 2.45) is 11.3 Å². The molecule has 0 saturated carbocycles. The second-order valence-electron chi connectivity index (χ2n) is 5.32. The van der Waals surface area contributed by atoms with E-state index < -0.39 is 0 Å². The first-order valence-corrected chi connectivity index (χ1v) is 5.59. The Hall–Kier alpha value is -1.61. The van der Waals surface area contributed by atoms with Crippen LogP contribution in [0, 0.1) is 16.7 Å². The number of aromatic nitrogens is 2. The van der Waals surface area contributed by atoms with Crippen LogP contribution >= 0.6 is 0 Å². The van der Waals surface area contributed by atoms with E-state index in [9.17, 15) is 0 Å². The highest BCUT2D eigenvalue weighted by Gasteiger charge is 2.14. The number of hydrazine groups is 1. The standard InChI is InChI=1S/C11H18BN5/c1-11(2,3)4-5-17(14)10-8(12)7-15-9(6-13)16-10/h7H,4-5,12,14H2,1-3H3. The zero-order chi connectivity index (χ0) is 13.1. The maximum atomic E-state index is 8.76. The molecule has 0 aromatic carbocycles. The van der Waals surface area contributed by atoms with E-state index in [-0.39, 0.29) is 11.2 Å². The third-order valence-corrected chi connectivity index (χ3v) is 2.42. The summed E-state index contributed by atoms with van der Waals surface area (Å²) < 4.78 is 0. The summed E-state index contributed by atoms with van der Waals surface area (Å²) in [5.74, 6) is 6.74. The lowest BCUT2D eigenvalue weighted by atomic mass is 9.92. The largest absolute Gasteiger partial charge is 0.295 e. The van der Waals surface area contributed by atoms with Gasteiger partial charge in [0.05, 0.1) is 0 Å². The first-order chi connectivity index (χ1) is 7.83. The lowest BCUT2D eigenvalue weighted by Gasteiger charge is -2.24. The molecule has 2 N–H and O–H groups in total. The highest BCUT2D eigenvalue weighted by Crippen LogP contribution is 2.19. The molecule has 1 heterocycles. The van der Waals surface area contributed by atoms with Crippen molar-refractivity contribution in [3.8, 4) is 6.07 Å². The van der Waals surface area contributed by atoms with E-state index in [0.717, 1.165) is 11.9 Å². The smallest absolute Gasteiger partial charge is 0.234 e. The number of hydrogen-bond donors (Lipinski definition) is 1. The summed E-state index contributed by atoms with van der Waals surface area (Å²) >= 11 is 0. The molecular formula is C11H18BN5. The quantitative estimate of drug-likeness (QED) is 0.440. The van der Waals surface area contributed by atoms with Gasteiger partial charge in [-0.25, -0.2) is 15.8 Å². The average Bonchev–Trinajstić information content (AvgIpc) is 2.25. The molecule has 0 aliphatic carbocycles. The van der Waals surface area contributed by atoms with Crippen LogP contribution in [0.3, 0.4) is 0 Å². The van der Waals surface area contributed by atoms with Crippen molar-refractivity contribution in [3.63, 3.8) is 0 Å². The van der Waals surface area contributed by atoms with Crippen molar-refractivity contribution in [1.29, 1.82) is 5.26 Å². The lowest BCUT2D eigenvalue weighted by Crippen LogP contribution is -2.38. The third-order valence-electron chi connectivity index (χ3n) is 2.42. The van der Waals surface area contributed by atoms with Gasteiger partial charge in [0.15, 0.2) is 0 Å². The van der Waals surface area contributed by atoms with E-state index in [1.165, 1.54) is 0 Å². The molecule has 0 aliphatic rings. The molecule has 17 heavy (non-hydrogen) atoms. The van der Waals surface area contributed by atoms with Crippen LogP contribution in [-0.4, -0.2) is 24.4 Å². The predicted molar refractivity (Wildman–Crippen MR) is 70.5 cm³/mol. The molecule has 0 spiro atoms. The SMILES string of the molecule is Bc1cnc(C#N)nc1N(N)CCC(C)(C)C. The van der Waals surface area contributed by atoms with Crippen molar-refractivity contribution >= 4 is 19.1 Å². The zero-order valence-electron chi connectivity index (χ0n) is 10.9. The fraction of sp³-hybridized carbons (Fsp3) is 0.545. The van der Waals surface area contributed by atoms with Crippen LogP contribution in [0.15, 0.2) is 6.20 Å². The van der Waals surface area contributed by atoms with Crippen LogP contribution in [0.1, 0.15) is 33.0 Å². The Morgan fingerprint density at radius 1 is 1.53 bits per heavy atom. The Bertz CT molecular complexity index is 432. The maximum Gasteiger partial charge on any atom is 0.234 e. The van der Waals surface area contributed by atoms with E-state index in [1.807, 2.05) is 13.9 Å². The Morgan fingerprint density at radius 3 is 2.71 bits per heavy atom. The minimum atomic E-state index is 0.150. The summed E-state index contributed by atoms with van der Waals surface area (Å²) in [6.07, 6.45) is 2.58. The van der Waals surface area contributed by atoms with Crippen LogP contribution in [0.4, 0.5) is 5.82 Å². The van der Waals surface area contributed by atoms with E-state index >= 15 is 0 Å². The maximum absolute atomic E-state index is 8.76. The molecule has 0 saturated heterocycles. The van der Waals surface area contributed by atoms with Gasteiger partial charge in [0, 0.05) is 12.7 Å². The number of nitrogens with zero attached hydrogens (tertiary/aromatic N) is 4. The van der Waals surface area contributed by atoms with Gasteiger partial charge in [-0.2, -0.15) is 5.26 Å². The molecule has 90 valence electrons. The van der Waals surface area contributed by atoms with E-state index in [1.54, 1.807) is 11.2 Å². The minimum absolute atomic E-state index is 0.150. The number of rotatable bonds is 3. The average molecular weight is 231 g/mol. The molecule has 1 rings (SSSR count). The summed E-state index contributed by atoms with van der Waals surface area (Å²) in [6, 6.07) is 1.92. The predicted octanol–water partition coefficient (Wildman–Crippen LogP) is -0.277. The topological polar surface area (TPSA) is 78.8 Å². The summed E-state index contributed by atoms with van der Waals surface area (Å²) in [4.78, 5) is 8.01. The van der Waals surface area contributed by atoms with Gasteiger partial charge in [0.2, 0.25) is 5.82 Å². The van der Waals surface area contributed by atoms with Crippen LogP contribution in [0.25, 0.3) is 0 Å². The number of nitriles is 1. The molecule has 5 nitrogen and oxygen atoms in total. The summed E-state index contributed by atoms with van der Waals surface area (Å²) in [5, 5.41) is 10.3. The van der Waals surface area contributed by atoms with Crippen LogP contribution < -0.4 is 16.3 Å². The fourth-order valence-electron chi connectivity index (χ4n) is 1.34. The number of anilines is 1. The van der Waals surface area contributed by atoms with Crippen molar-refractivity contribution in [1.82, 2.24) is 9.97 Å². The van der Waals surface area contributed by atoms with Crippen molar-refractivity contribution < 1.29 is 0 Å². The molecule has 0 radical (unpaired) electrons. The summed E-state index contributed by atoms with van der Waals surface area (Å²) in [6.45, 7) is 7.18. The number of nitrogens with two attached hydrogens (primary N) is 1. The summed E-state index contributed by atoms with van der Waals surface area (Å²) in [7, 11) is 1.88. The molecule has 0 atom stereocenters. The molecule has 6 heteroatoms. The first kappa shape index (κ1) is 13.5. The lowest BCUT2D eigenvalue weighted by molar-refractivity contribution is 0.379. The van der Waals surface area contributed by atoms with E-state index in [2.05, 4.69) is 30.7 Å². The minimum Gasteiger partial charge on any atom is -0.295 e. The van der Waals surface area contributed by atoms with E-state index in [0.29, 0.717) is 12.4 Å². The Balaban J connectivity index is 2.82. The monoisotopic (exact) mass is 231 g/mol. The molecule has 0 fully saturated rings. The van der Waals surface area contributed by atoms with Gasteiger partial charge in [0.25, 0.3) is 0 Å². The van der Waals surface area contributed by atoms with Gasteiger partial charge >= 0.3 is 0 Å². The van der Waals surface area contributed by atoms with Gasteiger partial charge in [-0.3, -0.25) is 5.01 Å². The van der Waals surface area contributed by atoms with Crippen molar-refractivity contribution in [2.75, 3.05) is 11.6 Å². The van der Waals surface area contributed by atoms with Crippen LogP contribution in [-0.2, 0) is 0 Å². The van der Waals surface area contributed by atoms with Crippen molar-refractivity contribution in [2.45, 2.75) is 27.2 Å². The highest BCUT2D eigenvalue weighted by molar-refractivity contribution is 6.35. The first-order valence-electron chi connectivity index (χ1n) is 5.59. The Morgan fingerprint density at radius 2 is 2.18 bits per heavy atom. The van der Waals surface area contributed by atoms with E-state index in [4.69, 9.17) is 11.1 Å². The second kappa shape index (κ2) is 5.15. The summed E-state index contributed by atoms with van der Waals surface area (Å²) in [5.41, 5.74) is 1.09. The van der Waals surface area contributed by atoms with Crippen LogP contribution in [0.2, 0.25) is 0 Å². The Kier molecular flexibility index (Phi) is 4.08. The molecule has 0 bridgehead atoms. The normalized spacial score (nSPS) is 11.0. The van der Waals surface area contributed by atoms with Gasteiger partial charge in [0.1, 0.15) is 19.7 Å². The molecular weight excluding hydrogens is 213 g/mol. The molecule has 0 unspecified atom stereocenters. The highest BCUT2D eigenvalue weighted by atomic mass is 15.4. The number of hydrogen-bond acceptors (Lipinski definition) is 5. The molecule has 0 aliphatic heterocycles. The van der Waals surface area contributed by atoms with Gasteiger partial charge in [-0.15, -0.1) is 0 Å². The van der Waals surface area contributed by atoms with Gasteiger partial charge < -0.3 is 0 Å². The molecule has 1 aromatic heterocycles. The third kappa shape index (κ3) is 4.04. The van der Waals surface area contributed by atoms with Crippen molar-refractivity contribution in [3.05, 3.63) is 12.0 Å². The molecule has 1 aromatic rings. The van der Waals surface area contributed by atoms with Gasteiger partial charge in [-0.05, 0) is 17.3 Å². The second-order valence-corrected chi connectivity index (χ2v) is 5.32.